The lowest BCUT2D eigenvalue weighted by atomic mass is 10.3. The number of nitrogens with one attached hydrogen (secondary N) is 1. The van der Waals surface area contributed by atoms with Crippen LogP contribution in [0.4, 0.5) is 0 Å². The highest BCUT2D eigenvalue weighted by Gasteiger charge is 2.17. The summed E-state index contributed by atoms with van der Waals surface area (Å²) in [6.45, 7) is -0.0304. The second-order valence-electron chi connectivity index (χ2n) is 3.06. The first-order chi connectivity index (χ1) is 8.04. The third-order valence-corrected chi connectivity index (χ3v) is 2.41. The molecule has 1 atom stereocenters. The maximum Gasteiger partial charge on any atom is 0.325 e. The molecule has 1 amide bonds. The molecule has 1 unspecified atom stereocenters. The van der Waals surface area contributed by atoms with E-state index in [9.17, 15) is 9.59 Å². The highest BCUT2D eigenvalue weighted by atomic mass is 35.5. The van der Waals surface area contributed by atoms with Crippen LogP contribution in [0.25, 0.3) is 0 Å². The molecule has 1 aromatic rings. The van der Waals surface area contributed by atoms with Crippen molar-refractivity contribution >= 4 is 35.1 Å². The van der Waals surface area contributed by atoms with Crippen LogP contribution in [0.2, 0.25) is 5.02 Å². The minimum atomic E-state index is -0.920. The molecule has 0 aliphatic heterocycles. The first-order valence-electron chi connectivity index (χ1n) is 4.66. The number of hydrogen-bond donors (Lipinski definition) is 1. The molecular weight excluding hydrogens is 267 g/mol. The van der Waals surface area contributed by atoms with Crippen molar-refractivity contribution in [3.05, 3.63) is 29.0 Å². The normalized spacial score (nSPS) is 11.7. The van der Waals surface area contributed by atoms with Crippen LogP contribution in [0.5, 0.6) is 0 Å². The molecule has 0 radical (unpaired) electrons. The van der Waals surface area contributed by atoms with Crippen molar-refractivity contribution in [2.75, 3.05) is 13.7 Å². The molecule has 0 saturated carbocycles. The van der Waals surface area contributed by atoms with E-state index in [1.165, 1.54) is 19.4 Å². The number of rotatable bonds is 4. The maximum atomic E-state index is 11.5. The van der Waals surface area contributed by atoms with Crippen molar-refractivity contribution in [1.82, 2.24) is 10.3 Å². The van der Waals surface area contributed by atoms with E-state index in [2.05, 4.69) is 15.0 Å². The Hall–Kier alpha value is -1.33. The van der Waals surface area contributed by atoms with Gasteiger partial charge < -0.3 is 10.1 Å². The predicted molar refractivity (Wildman–Crippen MR) is 63.2 cm³/mol. The zero-order valence-corrected chi connectivity index (χ0v) is 10.5. The Kier molecular flexibility index (Phi) is 5.18. The van der Waals surface area contributed by atoms with Gasteiger partial charge in [0.1, 0.15) is 11.1 Å². The summed E-state index contributed by atoms with van der Waals surface area (Å²) in [6.07, 6.45) is 1.36. The molecule has 17 heavy (non-hydrogen) atoms. The average Bonchev–Trinajstić information content (AvgIpc) is 2.35. The standard InChI is InChI=1S/C10H10Cl2N2O3/c1-17-10(16)7(12)5-14-9(15)8-3-2-6(11)4-13-8/h2-4,7H,5H2,1H3,(H,14,15). The summed E-state index contributed by atoms with van der Waals surface area (Å²) < 4.78 is 4.41. The summed E-state index contributed by atoms with van der Waals surface area (Å²) >= 11 is 11.3. The van der Waals surface area contributed by atoms with E-state index in [0.29, 0.717) is 5.02 Å². The third-order valence-electron chi connectivity index (χ3n) is 1.86. The zero-order valence-electron chi connectivity index (χ0n) is 8.94. The molecular formula is C10H10Cl2N2O3. The monoisotopic (exact) mass is 276 g/mol. The van der Waals surface area contributed by atoms with Crippen LogP contribution in [0.1, 0.15) is 10.5 Å². The number of carbonyl (C=O) groups excluding carboxylic acids is 2. The molecule has 0 fully saturated rings. The molecule has 0 aromatic carbocycles. The number of alkyl halides is 1. The quantitative estimate of drug-likeness (QED) is 0.664. The Morgan fingerprint density at radius 2 is 2.24 bits per heavy atom. The average molecular weight is 277 g/mol. The number of ether oxygens (including phenoxy) is 1. The summed E-state index contributed by atoms with van der Waals surface area (Å²) in [7, 11) is 1.22. The molecule has 7 heteroatoms. The van der Waals surface area contributed by atoms with E-state index in [1.54, 1.807) is 6.07 Å². The number of pyridine rings is 1. The Labute approximate surface area is 108 Å². The second kappa shape index (κ2) is 6.42. The van der Waals surface area contributed by atoms with Crippen LogP contribution >= 0.6 is 23.2 Å². The smallest absolute Gasteiger partial charge is 0.325 e. The van der Waals surface area contributed by atoms with Crippen LogP contribution in [0.3, 0.4) is 0 Å². The minimum absolute atomic E-state index is 0.0304. The van der Waals surface area contributed by atoms with Gasteiger partial charge in [0.15, 0.2) is 0 Å². The molecule has 0 spiro atoms. The van der Waals surface area contributed by atoms with E-state index in [0.717, 1.165) is 0 Å². The van der Waals surface area contributed by atoms with Gasteiger partial charge in [0.25, 0.3) is 5.91 Å². The molecule has 1 N–H and O–H groups in total. The van der Waals surface area contributed by atoms with E-state index in [1.807, 2.05) is 0 Å². The number of carbonyl (C=O) groups is 2. The zero-order chi connectivity index (χ0) is 12.8. The summed E-state index contributed by atoms with van der Waals surface area (Å²) in [5, 5.41) is 1.97. The molecule has 1 rings (SSSR count). The van der Waals surface area contributed by atoms with Crippen molar-refractivity contribution in [2.45, 2.75) is 5.38 Å². The van der Waals surface area contributed by atoms with Crippen molar-refractivity contribution < 1.29 is 14.3 Å². The molecule has 1 aromatic heterocycles. The Morgan fingerprint density at radius 3 is 2.76 bits per heavy atom. The minimum Gasteiger partial charge on any atom is -0.468 e. The number of methoxy groups -OCH3 is 1. The molecule has 0 saturated heterocycles. The lowest BCUT2D eigenvalue weighted by Crippen LogP contribution is -2.34. The fraction of sp³-hybridized carbons (Fsp3) is 0.300. The SMILES string of the molecule is COC(=O)C(Cl)CNC(=O)c1ccc(Cl)cn1. The van der Waals surface area contributed by atoms with E-state index in [4.69, 9.17) is 23.2 Å². The van der Waals surface area contributed by atoms with Crippen molar-refractivity contribution in [1.29, 1.82) is 0 Å². The first kappa shape index (κ1) is 13.7. The van der Waals surface area contributed by atoms with Crippen LogP contribution in [0.15, 0.2) is 18.3 Å². The molecule has 1 heterocycles. The Bertz CT molecular complexity index is 409. The van der Waals surface area contributed by atoms with Gasteiger partial charge in [-0.1, -0.05) is 11.6 Å². The topological polar surface area (TPSA) is 68.3 Å². The molecule has 92 valence electrons. The van der Waals surface area contributed by atoms with Crippen LogP contribution in [-0.4, -0.2) is 35.9 Å². The highest BCUT2D eigenvalue weighted by Crippen LogP contribution is 2.06. The summed E-state index contributed by atoms with van der Waals surface area (Å²) in [4.78, 5) is 26.3. The predicted octanol–water partition coefficient (Wildman–Crippen LogP) is 1.25. The van der Waals surface area contributed by atoms with Gasteiger partial charge in [0.2, 0.25) is 0 Å². The fourth-order valence-electron chi connectivity index (χ4n) is 0.994. The van der Waals surface area contributed by atoms with Gasteiger partial charge in [-0.2, -0.15) is 0 Å². The van der Waals surface area contributed by atoms with Gasteiger partial charge in [0.05, 0.1) is 12.1 Å². The van der Waals surface area contributed by atoms with Gasteiger partial charge in [-0.05, 0) is 12.1 Å². The summed E-state index contributed by atoms with van der Waals surface area (Å²) in [5.74, 6) is -1.03. The van der Waals surface area contributed by atoms with Crippen molar-refractivity contribution in [3.63, 3.8) is 0 Å². The number of aromatic nitrogens is 1. The van der Waals surface area contributed by atoms with E-state index >= 15 is 0 Å². The fourth-order valence-corrected chi connectivity index (χ4v) is 1.27. The molecule has 5 nitrogen and oxygen atoms in total. The van der Waals surface area contributed by atoms with E-state index in [-0.39, 0.29) is 12.2 Å². The second-order valence-corrected chi connectivity index (χ2v) is 4.03. The number of halogens is 2. The summed E-state index contributed by atoms with van der Waals surface area (Å²) in [6, 6.07) is 3.01. The molecule has 0 aliphatic rings. The van der Waals surface area contributed by atoms with Gasteiger partial charge in [-0.25, -0.2) is 4.98 Å². The largest absolute Gasteiger partial charge is 0.468 e. The molecule has 0 aliphatic carbocycles. The lowest BCUT2D eigenvalue weighted by molar-refractivity contribution is -0.140. The van der Waals surface area contributed by atoms with Crippen LogP contribution < -0.4 is 5.32 Å². The number of hydrogen-bond acceptors (Lipinski definition) is 4. The van der Waals surface area contributed by atoms with Crippen LogP contribution in [0, 0.1) is 0 Å². The number of esters is 1. The Balaban J connectivity index is 2.50. The van der Waals surface area contributed by atoms with Crippen LogP contribution in [-0.2, 0) is 9.53 Å². The van der Waals surface area contributed by atoms with Gasteiger partial charge >= 0.3 is 5.97 Å². The van der Waals surface area contributed by atoms with E-state index < -0.39 is 17.3 Å². The van der Waals surface area contributed by atoms with Gasteiger partial charge in [0, 0.05) is 12.7 Å². The maximum absolute atomic E-state index is 11.5. The molecule has 0 bridgehead atoms. The number of amides is 1. The number of nitrogens with zero attached hydrogens (tertiary/aromatic N) is 1. The summed E-state index contributed by atoms with van der Waals surface area (Å²) in [5.41, 5.74) is 0.197. The highest BCUT2D eigenvalue weighted by molar-refractivity contribution is 6.30. The first-order valence-corrected chi connectivity index (χ1v) is 5.47. The third kappa shape index (κ3) is 4.20. The lowest BCUT2D eigenvalue weighted by Gasteiger charge is -2.08. The van der Waals surface area contributed by atoms with Gasteiger partial charge in [-0.15, -0.1) is 11.6 Å². The van der Waals surface area contributed by atoms with Crippen molar-refractivity contribution in [3.8, 4) is 0 Å². The Morgan fingerprint density at radius 1 is 1.53 bits per heavy atom. The van der Waals surface area contributed by atoms with Crippen molar-refractivity contribution in [2.24, 2.45) is 0 Å². The van der Waals surface area contributed by atoms with Gasteiger partial charge in [-0.3, -0.25) is 9.59 Å².